The van der Waals surface area contributed by atoms with E-state index >= 15 is 0 Å². The lowest BCUT2D eigenvalue weighted by Gasteiger charge is -2.50. The average molecular weight is 724 g/mol. The monoisotopic (exact) mass is 722 g/mol. The summed E-state index contributed by atoms with van der Waals surface area (Å²) in [4.78, 5) is 53.9. The molecule has 1 saturated carbocycles. The van der Waals surface area contributed by atoms with Crippen LogP contribution in [0.3, 0.4) is 0 Å². The molecule has 0 aromatic heterocycles. The molecule has 0 spiro atoms. The number of phenolic OH excluding ortho intramolecular Hbond substituents is 1. The van der Waals surface area contributed by atoms with Crippen LogP contribution in [-0.4, -0.2) is 53.7 Å². The average Bonchev–Trinajstić information content (AvgIpc) is 3.38. The van der Waals surface area contributed by atoms with Gasteiger partial charge in [-0.25, -0.2) is 0 Å². The van der Waals surface area contributed by atoms with Crippen molar-refractivity contribution < 1.29 is 29.0 Å². The zero-order chi connectivity index (χ0) is 32.4. The second-order valence-corrected chi connectivity index (χ2v) is 14.0. The summed E-state index contributed by atoms with van der Waals surface area (Å²) in [6, 6.07) is 23.5. The van der Waals surface area contributed by atoms with Gasteiger partial charge in [-0.3, -0.25) is 29.0 Å². The van der Waals surface area contributed by atoms with Gasteiger partial charge in [0.25, 0.3) is 11.8 Å². The number of rotatable bonds is 7. The first-order chi connectivity index (χ1) is 22.1. The highest BCUT2D eigenvalue weighted by atomic mass is 79.9. The van der Waals surface area contributed by atoms with Gasteiger partial charge >= 0.3 is 0 Å². The summed E-state index contributed by atoms with van der Waals surface area (Å²) >= 11 is 17.8. The number of alkyl halides is 3. The van der Waals surface area contributed by atoms with E-state index in [2.05, 4.69) is 15.9 Å². The molecular weight excluding hydrogens is 695 g/mol. The van der Waals surface area contributed by atoms with E-state index in [1.165, 1.54) is 11.0 Å². The highest BCUT2D eigenvalue weighted by Crippen LogP contribution is 2.66. The quantitative estimate of drug-likeness (QED) is 0.141. The van der Waals surface area contributed by atoms with E-state index in [1.54, 1.807) is 12.1 Å². The Kier molecular flexibility index (Phi) is 7.77. The molecule has 2 aliphatic carbocycles. The Morgan fingerprint density at radius 3 is 2.17 bits per heavy atom. The lowest BCUT2D eigenvalue weighted by Crippen LogP contribution is -2.60. The molecule has 7 rings (SSSR count). The van der Waals surface area contributed by atoms with Gasteiger partial charge < -0.3 is 9.84 Å². The van der Waals surface area contributed by atoms with Gasteiger partial charge in [0.1, 0.15) is 18.1 Å². The molecule has 2 aliphatic heterocycles. The van der Waals surface area contributed by atoms with Crippen molar-refractivity contribution in [3.05, 3.63) is 107 Å². The van der Waals surface area contributed by atoms with Crippen molar-refractivity contribution in [2.45, 2.75) is 41.7 Å². The second kappa shape index (κ2) is 11.5. The number of carbonyl (C=O) groups excluding carboxylic acids is 4. The van der Waals surface area contributed by atoms with Gasteiger partial charge in [-0.2, -0.15) is 0 Å². The molecule has 6 unspecified atom stereocenters. The Labute approximate surface area is 284 Å². The van der Waals surface area contributed by atoms with Crippen LogP contribution in [0.2, 0.25) is 0 Å². The number of halogens is 3. The number of nitrogens with zero attached hydrogens (tertiary/aromatic N) is 2. The molecule has 2 heterocycles. The van der Waals surface area contributed by atoms with Gasteiger partial charge in [0.2, 0.25) is 11.8 Å². The smallest absolute Gasteiger partial charge is 0.254 e. The van der Waals surface area contributed by atoms with Gasteiger partial charge in [-0.15, -0.1) is 23.2 Å². The number of likely N-dealkylation sites (tertiary alicyclic amines) is 2. The first kappa shape index (κ1) is 31.0. The van der Waals surface area contributed by atoms with Crippen molar-refractivity contribution in [2.75, 3.05) is 5.45 Å². The number of phenols is 1. The Morgan fingerprint density at radius 2 is 1.52 bits per heavy atom. The summed E-state index contributed by atoms with van der Waals surface area (Å²) in [5, 5.41) is 11.5. The summed E-state index contributed by atoms with van der Waals surface area (Å²) in [5.74, 6) is -5.00. The molecule has 4 aliphatic rings. The molecule has 0 radical (unpaired) electrons. The van der Waals surface area contributed by atoms with E-state index in [9.17, 15) is 24.3 Å². The molecule has 0 bridgehead atoms. The fourth-order valence-electron chi connectivity index (χ4n) is 7.68. The Bertz CT molecular complexity index is 1790. The Morgan fingerprint density at radius 1 is 0.848 bits per heavy atom. The largest absolute Gasteiger partial charge is 0.508 e. The fraction of sp³-hybridized carbons (Fsp3) is 0.314. The summed E-state index contributed by atoms with van der Waals surface area (Å²) in [6.07, 6.45) is 1.98. The molecule has 11 heteroatoms. The number of benzene rings is 3. The van der Waals surface area contributed by atoms with Gasteiger partial charge in [0, 0.05) is 17.5 Å². The number of carbonyl (C=O) groups is 4. The van der Waals surface area contributed by atoms with Crippen LogP contribution in [0.4, 0.5) is 0 Å². The van der Waals surface area contributed by atoms with Crippen LogP contribution >= 0.6 is 39.1 Å². The predicted molar refractivity (Wildman–Crippen MR) is 174 cm³/mol. The van der Waals surface area contributed by atoms with E-state index in [-0.39, 0.29) is 54.6 Å². The van der Waals surface area contributed by atoms with Crippen molar-refractivity contribution >= 4 is 62.8 Å². The third-order valence-electron chi connectivity index (χ3n) is 9.85. The van der Waals surface area contributed by atoms with Crippen molar-refractivity contribution in [2.24, 2.45) is 17.8 Å². The molecule has 2 saturated heterocycles. The van der Waals surface area contributed by atoms with E-state index in [0.717, 1.165) is 16.0 Å². The molecule has 4 amide bonds. The lowest BCUT2D eigenvalue weighted by atomic mass is 9.56. The first-order valence-electron chi connectivity index (χ1n) is 15.0. The van der Waals surface area contributed by atoms with Crippen molar-refractivity contribution in [1.82, 2.24) is 9.80 Å². The topological polar surface area (TPSA) is 104 Å². The minimum atomic E-state index is -2.01. The predicted octanol–water partition coefficient (Wildman–Crippen LogP) is 5.88. The Balaban J connectivity index is 1.29. The van der Waals surface area contributed by atoms with E-state index in [4.69, 9.17) is 27.9 Å². The van der Waals surface area contributed by atoms with Crippen LogP contribution in [0.25, 0.3) is 0 Å². The third-order valence-corrected chi connectivity index (χ3v) is 11.8. The molecule has 236 valence electrons. The zero-order valence-corrected chi connectivity index (χ0v) is 27.5. The van der Waals surface area contributed by atoms with Gasteiger partial charge in [-0.1, -0.05) is 94.3 Å². The highest BCUT2D eigenvalue weighted by Gasteiger charge is 2.76. The number of imide groups is 2. The summed E-state index contributed by atoms with van der Waals surface area (Å²) < 4.78 is 5.91. The van der Waals surface area contributed by atoms with Crippen molar-refractivity contribution in [1.29, 1.82) is 0 Å². The molecule has 46 heavy (non-hydrogen) atoms. The first-order valence-corrected chi connectivity index (χ1v) is 16.9. The van der Waals surface area contributed by atoms with Gasteiger partial charge in [0.15, 0.2) is 9.75 Å². The van der Waals surface area contributed by atoms with E-state index in [0.29, 0.717) is 11.3 Å². The summed E-state index contributed by atoms with van der Waals surface area (Å²) in [5.41, 5.74) is 2.52. The molecule has 8 nitrogen and oxygen atoms in total. The zero-order valence-electron chi connectivity index (χ0n) is 24.4. The standard InChI is InChI=1S/C35H29BrCl2N2O6/c36-19-40-32(44)34(37)16-26-23(13-14-25-28(26)31(43)39(30(25)42)17-20-7-3-1-4-8-20)29(35(34,38)33(40)45)24-12-11-22(15-27(24)41)46-18-21-9-5-2-6-10-21/h1-13,15,25-26,28-29,41H,14,16-19H2. The number of amides is 4. The second-order valence-electron chi connectivity index (χ2n) is 12.2. The minimum Gasteiger partial charge on any atom is -0.508 e. The van der Waals surface area contributed by atoms with Crippen LogP contribution < -0.4 is 4.74 Å². The van der Waals surface area contributed by atoms with Gasteiger partial charge in [0.05, 0.1) is 23.8 Å². The van der Waals surface area contributed by atoms with Crippen LogP contribution in [0.1, 0.15) is 35.4 Å². The SMILES string of the molecule is O=C1C2CC=C3C(CC4(Cl)C(=O)N(CBr)C(=O)C4(Cl)C3c3ccc(OCc4ccccc4)cc3O)C2C(=O)N1Cc1ccccc1. The number of fused-ring (bicyclic) bond motifs is 4. The molecule has 3 aromatic rings. The fourth-order valence-corrected chi connectivity index (χ4v) is 9.10. The van der Waals surface area contributed by atoms with Crippen LogP contribution in [0.5, 0.6) is 11.5 Å². The van der Waals surface area contributed by atoms with Crippen LogP contribution in [-0.2, 0) is 32.3 Å². The van der Waals surface area contributed by atoms with Crippen LogP contribution in [0.15, 0.2) is 90.5 Å². The molecule has 3 fully saturated rings. The molecule has 6 atom stereocenters. The maximum Gasteiger partial charge on any atom is 0.254 e. The number of aromatic hydroxyl groups is 1. The van der Waals surface area contributed by atoms with E-state index < -0.39 is 45.2 Å². The molecular formula is C35H29BrCl2N2O6. The molecule has 1 N–H and O–H groups in total. The normalized spacial score (nSPS) is 30.2. The van der Waals surface area contributed by atoms with Gasteiger partial charge in [-0.05, 0) is 36.0 Å². The number of ether oxygens (including phenoxy) is 1. The summed E-state index contributed by atoms with van der Waals surface area (Å²) in [7, 11) is 0. The lowest BCUT2D eigenvalue weighted by molar-refractivity contribution is -0.141. The van der Waals surface area contributed by atoms with E-state index in [1.807, 2.05) is 66.7 Å². The maximum atomic E-state index is 14.1. The summed E-state index contributed by atoms with van der Waals surface area (Å²) in [6.45, 7) is 0.398. The van der Waals surface area contributed by atoms with Crippen LogP contribution in [0, 0.1) is 17.8 Å². The number of hydrogen-bond donors (Lipinski definition) is 1. The Hall–Kier alpha value is -3.66. The highest BCUT2D eigenvalue weighted by molar-refractivity contribution is 9.09. The number of hydrogen-bond acceptors (Lipinski definition) is 6. The number of allylic oxidation sites excluding steroid dienone is 2. The minimum absolute atomic E-state index is 0.118. The maximum absolute atomic E-state index is 14.1. The third kappa shape index (κ3) is 4.53. The van der Waals surface area contributed by atoms with Crippen molar-refractivity contribution in [3.63, 3.8) is 0 Å². The molecule has 3 aromatic carbocycles. The van der Waals surface area contributed by atoms with Crippen molar-refractivity contribution in [3.8, 4) is 11.5 Å².